The minimum absolute atomic E-state index is 0.0881. The summed E-state index contributed by atoms with van der Waals surface area (Å²) in [5, 5.41) is 14.7. The van der Waals surface area contributed by atoms with Gasteiger partial charge >= 0.3 is 12.2 Å². The van der Waals surface area contributed by atoms with Crippen LogP contribution in [0.25, 0.3) is 0 Å². The molecule has 0 saturated heterocycles. The van der Waals surface area contributed by atoms with Crippen molar-refractivity contribution in [3.05, 3.63) is 53.0 Å². The van der Waals surface area contributed by atoms with Crippen LogP contribution < -0.4 is 10.6 Å². The number of carbonyl (C=O) groups excluding carboxylic acids is 1. The van der Waals surface area contributed by atoms with Crippen molar-refractivity contribution in [3.8, 4) is 0 Å². The zero-order valence-electron chi connectivity index (χ0n) is 13.8. The number of urea groups is 1. The minimum atomic E-state index is -4.56. The Balaban J connectivity index is 1.89. The van der Waals surface area contributed by atoms with Gasteiger partial charge in [0.15, 0.2) is 0 Å². The van der Waals surface area contributed by atoms with Gasteiger partial charge in [-0.25, -0.2) is 4.79 Å². The number of anilines is 1. The Morgan fingerprint density at radius 3 is 2.56 bits per heavy atom. The highest BCUT2D eigenvalue weighted by Gasteiger charge is 2.33. The van der Waals surface area contributed by atoms with Crippen molar-refractivity contribution in [3.63, 3.8) is 0 Å². The maximum absolute atomic E-state index is 12.9. The first kappa shape index (κ1) is 18.9. The normalized spacial score (nSPS) is 12.7. The lowest BCUT2D eigenvalue weighted by molar-refractivity contribution is -0.136. The van der Waals surface area contributed by atoms with Crippen LogP contribution in [0.15, 0.2) is 34.7 Å². The van der Waals surface area contributed by atoms with Crippen molar-refractivity contribution in [1.29, 1.82) is 0 Å². The van der Waals surface area contributed by atoms with E-state index in [0.29, 0.717) is 17.1 Å². The highest BCUT2D eigenvalue weighted by Crippen LogP contribution is 2.34. The van der Waals surface area contributed by atoms with Gasteiger partial charge in [0, 0.05) is 12.1 Å². The van der Waals surface area contributed by atoms with Crippen molar-refractivity contribution in [2.24, 2.45) is 0 Å². The van der Waals surface area contributed by atoms with Crippen molar-refractivity contribution in [1.82, 2.24) is 5.32 Å². The maximum atomic E-state index is 12.9. The largest absolute Gasteiger partial charge is 0.466 e. The van der Waals surface area contributed by atoms with E-state index in [1.165, 1.54) is 18.2 Å². The number of para-hydroxylation sites is 1. The number of aliphatic hydroxyl groups is 1. The van der Waals surface area contributed by atoms with Crippen molar-refractivity contribution >= 4 is 11.7 Å². The van der Waals surface area contributed by atoms with Crippen molar-refractivity contribution in [2.45, 2.75) is 32.5 Å². The first-order chi connectivity index (χ1) is 11.7. The van der Waals surface area contributed by atoms with Crippen LogP contribution in [0.1, 0.15) is 35.2 Å². The van der Waals surface area contributed by atoms with Crippen molar-refractivity contribution < 1.29 is 27.5 Å². The molecule has 0 aliphatic rings. The number of alkyl halides is 3. The monoisotopic (exact) mass is 356 g/mol. The highest BCUT2D eigenvalue weighted by atomic mass is 19.4. The maximum Gasteiger partial charge on any atom is 0.418 e. The Bertz CT molecular complexity index is 741. The average molecular weight is 356 g/mol. The predicted octanol–water partition coefficient (Wildman–Crippen LogP) is 4.16. The third kappa shape index (κ3) is 4.99. The lowest BCUT2D eigenvalue weighted by atomic mass is 10.1. The van der Waals surface area contributed by atoms with Crippen LogP contribution in [0.2, 0.25) is 0 Å². The number of hydrogen-bond donors (Lipinski definition) is 3. The SMILES string of the molecule is Cc1cc([C@@H](O)CCNC(=O)Nc2ccccc2C(F)(F)F)c(C)o1. The molecule has 1 heterocycles. The van der Waals surface area contributed by atoms with E-state index in [1.54, 1.807) is 19.9 Å². The number of rotatable bonds is 5. The molecule has 5 nitrogen and oxygen atoms in total. The molecule has 2 aromatic rings. The van der Waals surface area contributed by atoms with Crippen molar-refractivity contribution in [2.75, 3.05) is 11.9 Å². The van der Waals surface area contributed by atoms with E-state index in [4.69, 9.17) is 4.42 Å². The van der Waals surface area contributed by atoms with Gasteiger partial charge in [0.25, 0.3) is 0 Å². The Morgan fingerprint density at radius 2 is 1.96 bits per heavy atom. The molecule has 2 amide bonds. The van der Waals surface area contributed by atoms with E-state index in [-0.39, 0.29) is 18.7 Å². The number of nitrogens with one attached hydrogen (secondary N) is 2. The Kier molecular flexibility index (Phi) is 5.73. The van der Waals surface area contributed by atoms with Crippen LogP contribution >= 0.6 is 0 Å². The summed E-state index contributed by atoms with van der Waals surface area (Å²) in [7, 11) is 0. The summed E-state index contributed by atoms with van der Waals surface area (Å²) in [6.45, 7) is 3.57. The first-order valence-corrected chi connectivity index (χ1v) is 7.64. The molecule has 1 aromatic heterocycles. The molecule has 1 atom stereocenters. The summed E-state index contributed by atoms with van der Waals surface area (Å²) < 4.78 is 43.9. The zero-order chi connectivity index (χ0) is 18.6. The fourth-order valence-corrected chi connectivity index (χ4v) is 2.47. The number of furan rings is 1. The van der Waals surface area contributed by atoms with E-state index < -0.39 is 23.9 Å². The number of halogens is 3. The van der Waals surface area contributed by atoms with Crippen LogP contribution in [0.3, 0.4) is 0 Å². The fraction of sp³-hybridized carbons (Fsp3) is 0.353. The van der Waals surface area contributed by atoms with E-state index >= 15 is 0 Å². The van der Waals surface area contributed by atoms with Crippen LogP contribution in [-0.4, -0.2) is 17.7 Å². The van der Waals surface area contributed by atoms with Gasteiger partial charge < -0.3 is 20.2 Å². The summed E-state index contributed by atoms with van der Waals surface area (Å²) in [4.78, 5) is 11.8. The molecule has 1 aromatic carbocycles. The summed E-state index contributed by atoms with van der Waals surface area (Å²) in [5.74, 6) is 1.26. The topological polar surface area (TPSA) is 74.5 Å². The van der Waals surface area contributed by atoms with Gasteiger partial charge in [0.1, 0.15) is 11.5 Å². The summed E-state index contributed by atoms with van der Waals surface area (Å²) in [6.07, 6.45) is -5.19. The molecule has 0 unspecified atom stereocenters. The van der Waals surface area contributed by atoms with Crippen LogP contribution in [0, 0.1) is 13.8 Å². The highest BCUT2D eigenvalue weighted by molar-refractivity contribution is 5.90. The van der Waals surface area contributed by atoms with Crippen LogP contribution in [-0.2, 0) is 6.18 Å². The summed E-state index contributed by atoms with van der Waals surface area (Å²) in [5.41, 5.74) is -0.619. The number of benzene rings is 1. The Hall–Kier alpha value is -2.48. The third-order valence-corrected chi connectivity index (χ3v) is 3.62. The molecule has 3 N–H and O–H groups in total. The second-order valence-corrected chi connectivity index (χ2v) is 5.60. The molecule has 0 aliphatic heterocycles. The number of aryl methyl sites for hydroxylation is 2. The predicted molar refractivity (Wildman–Crippen MR) is 86.2 cm³/mol. The van der Waals surface area contributed by atoms with Crippen LogP contribution in [0.4, 0.5) is 23.7 Å². The summed E-state index contributed by atoms with van der Waals surface area (Å²) >= 11 is 0. The number of aliphatic hydroxyl groups excluding tert-OH is 1. The molecule has 0 bridgehead atoms. The third-order valence-electron chi connectivity index (χ3n) is 3.62. The van der Waals surface area contributed by atoms with E-state index in [9.17, 15) is 23.1 Å². The Labute approximate surface area is 142 Å². The zero-order valence-corrected chi connectivity index (χ0v) is 13.8. The van der Waals surface area contributed by atoms with Gasteiger partial charge in [-0.1, -0.05) is 12.1 Å². The number of amides is 2. The molecule has 2 rings (SSSR count). The molecular weight excluding hydrogens is 337 g/mol. The quantitative estimate of drug-likeness (QED) is 0.753. The van der Waals surface area contributed by atoms with Gasteiger partial charge in [-0.2, -0.15) is 13.2 Å². The smallest absolute Gasteiger partial charge is 0.418 e. The van der Waals surface area contributed by atoms with Gasteiger partial charge in [-0.05, 0) is 38.5 Å². The number of carbonyl (C=O) groups is 1. The van der Waals surface area contributed by atoms with Gasteiger partial charge in [-0.15, -0.1) is 0 Å². The van der Waals surface area contributed by atoms with Crippen LogP contribution in [0.5, 0.6) is 0 Å². The Morgan fingerprint density at radius 1 is 1.28 bits per heavy atom. The number of hydrogen-bond acceptors (Lipinski definition) is 3. The van der Waals surface area contributed by atoms with Gasteiger partial charge in [0.05, 0.1) is 17.4 Å². The molecular formula is C17H19F3N2O3. The molecule has 136 valence electrons. The second-order valence-electron chi connectivity index (χ2n) is 5.60. The molecule has 0 radical (unpaired) electrons. The fourth-order valence-electron chi connectivity index (χ4n) is 2.47. The molecule has 25 heavy (non-hydrogen) atoms. The van der Waals surface area contributed by atoms with Gasteiger partial charge in [-0.3, -0.25) is 0 Å². The second kappa shape index (κ2) is 7.60. The van der Waals surface area contributed by atoms with E-state index in [2.05, 4.69) is 10.6 Å². The standard InChI is InChI=1S/C17H19F3N2O3/c1-10-9-12(11(2)25-10)15(23)7-8-21-16(24)22-14-6-4-3-5-13(14)17(18,19)20/h3-6,9,15,23H,7-8H2,1-2H3,(H2,21,22,24)/t15-/m0/s1. The molecule has 0 spiro atoms. The lowest BCUT2D eigenvalue weighted by Crippen LogP contribution is -2.31. The van der Waals surface area contributed by atoms with Gasteiger partial charge in [0.2, 0.25) is 0 Å². The molecule has 0 saturated carbocycles. The first-order valence-electron chi connectivity index (χ1n) is 7.64. The minimum Gasteiger partial charge on any atom is -0.466 e. The van der Waals surface area contributed by atoms with E-state index in [0.717, 1.165) is 6.07 Å². The molecule has 0 fully saturated rings. The molecule has 8 heteroatoms. The molecule has 0 aliphatic carbocycles. The lowest BCUT2D eigenvalue weighted by Gasteiger charge is -2.14. The van der Waals surface area contributed by atoms with E-state index in [1.807, 2.05) is 0 Å². The average Bonchev–Trinajstić information content (AvgIpc) is 2.85. The summed E-state index contributed by atoms with van der Waals surface area (Å²) in [6, 6.07) is 5.65.